The van der Waals surface area contributed by atoms with Gasteiger partial charge in [-0.05, 0) is 42.4 Å². The zero-order chi connectivity index (χ0) is 20.0. The molecule has 2 atom stereocenters. The third-order valence-electron chi connectivity index (χ3n) is 4.82. The summed E-state index contributed by atoms with van der Waals surface area (Å²) in [6.45, 7) is 9.29. The number of methoxy groups -OCH3 is 1. The third-order valence-corrected chi connectivity index (χ3v) is 4.82. The predicted octanol–water partition coefficient (Wildman–Crippen LogP) is 4.16. The van der Waals surface area contributed by atoms with Crippen molar-refractivity contribution in [3.05, 3.63) is 23.8 Å². The van der Waals surface area contributed by atoms with Gasteiger partial charge in [-0.1, -0.05) is 40.5 Å². The molecule has 1 saturated carbocycles. The Hall–Kier alpha value is -2.24. The highest BCUT2D eigenvalue weighted by molar-refractivity contribution is 5.97. The first-order chi connectivity index (χ1) is 12.7. The van der Waals surface area contributed by atoms with Crippen LogP contribution in [0.25, 0.3) is 0 Å². The zero-order valence-corrected chi connectivity index (χ0v) is 17.1. The maximum absolute atomic E-state index is 11.8. The Morgan fingerprint density at radius 1 is 1.30 bits per heavy atom. The molecule has 27 heavy (non-hydrogen) atoms. The molecule has 0 spiro atoms. The maximum Gasteiger partial charge on any atom is 0.337 e. The Bertz CT molecular complexity index is 680. The summed E-state index contributed by atoms with van der Waals surface area (Å²) in [7, 11) is 1.34. The van der Waals surface area contributed by atoms with E-state index in [-0.39, 0.29) is 11.2 Å². The normalized spacial score (nSPS) is 20.9. The second kappa shape index (κ2) is 9.11. The van der Waals surface area contributed by atoms with Crippen LogP contribution in [-0.2, 0) is 4.74 Å². The van der Waals surface area contributed by atoms with Gasteiger partial charge in [-0.2, -0.15) is 0 Å². The van der Waals surface area contributed by atoms with Crippen molar-refractivity contribution in [1.82, 2.24) is 5.32 Å². The van der Waals surface area contributed by atoms with Crippen LogP contribution in [0.5, 0.6) is 5.75 Å². The Morgan fingerprint density at radius 2 is 2.00 bits per heavy atom. The molecule has 1 aromatic rings. The molecule has 150 valence electrons. The van der Waals surface area contributed by atoms with Gasteiger partial charge in [0.25, 0.3) is 0 Å². The van der Waals surface area contributed by atoms with Crippen LogP contribution in [0.15, 0.2) is 23.2 Å². The van der Waals surface area contributed by atoms with E-state index in [0.29, 0.717) is 35.7 Å². The van der Waals surface area contributed by atoms with Crippen LogP contribution in [0.1, 0.15) is 63.7 Å². The van der Waals surface area contributed by atoms with Crippen molar-refractivity contribution >= 4 is 17.6 Å². The molecule has 1 aromatic carbocycles. The molecule has 1 fully saturated rings. The molecule has 0 heterocycles. The molecule has 0 radical (unpaired) electrons. The van der Waals surface area contributed by atoms with Crippen molar-refractivity contribution in [2.75, 3.05) is 19.0 Å². The summed E-state index contributed by atoms with van der Waals surface area (Å²) in [5.41, 5.74) is 0.850. The van der Waals surface area contributed by atoms with E-state index in [9.17, 15) is 9.90 Å². The summed E-state index contributed by atoms with van der Waals surface area (Å²) in [5.74, 6) is 0.807. The van der Waals surface area contributed by atoms with E-state index in [1.807, 2.05) is 0 Å². The monoisotopic (exact) mass is 375 g/mol. The fourth-order valence-electron chi connectivity index (χ4n) is 3.15. The Kier molecular flexibility index (Phi) is 7.11. The summed E-state index contributed by atoms with van der Waals surface area (Å²) in [4.78, 5) is 16.5. The first-order valence-electron chi connectivity index (χ1n) is 9.69. The SMILES string of the molecule is COC(=O)c1ccc(O)c(NC(=NCC(C)(C)C)NC2CCCCC2C)c1. The van der Waals surface area contributed by atoms with E-state index in [1.54, 1.807) is 6.07 Å². The van der Waals surface area contributed by atoms with Crippen LogP contribution in [0.3, 0.4) is 0 Å². The van der Waals surface area contributed by atoms with Crippen molar-refractivity contribution in [2.24, 2.45) is 16.3 Å². The molecule has 1 aliphatic carbocycles. The number of phenolic OH excluding ortho intramolecular Hbond substituents is 1. The number of aromatic hydroxyl groups is 1. The smallest absolute Gasteiger partial charge is 0.337 e. The minimum atomic E-state index is -0.444. The van der Waals surface area contributed by atoms with Crippen LogP contribution in [-0.4, -0.2) is 36.7 Å². The van der Waals surface area contributed by atoms with Gasteiger partial charge in [0.15, 0.2) is 5.96 Å². The number of aliphatic imine (C=N–C) groups is 1. The molecular weight excluding hydrogens is 342 g/mol. The number of rotatable bonds is 4. The molecule has 2 rings (SSSR count). The zero-order valence-electron chi connectivity index (χ0n) is 17.1. The van der Waals surface area contributed by atoms with Crippen molar-refractivity contribution < 1.29 is 14.6 Å². The van der Waals surface area contributed by atoms with Crippen LogP contribution >= 0.6 is 0 Å². The molecule has 0 bridgehead atoms. The average Bonchev–Trinajstić information content (AvgIpc) is 2.62. The topological polar surface area (TPSA) is 83.0 Å². The minimum Gasteiger partial charge on any atom is -0.506 e. The lowest BCUT2D eigenvalue weighted by Crippen LogP contribution is -2.44. The molecule has 0 amide bonds. The van der Waals surface area contributed by atoms with E-state index in [1.165, 1.54) is 38.5 Å². The van der Waals surface area contributed by atoms with E-state index in [0.717, 1.165) is 6.42 Å². The highest BCUT2D eigenvalue weighted by atomic mass is 16.5. The molecule has 2 unspecified atom stereocenters. The van der Waals surface area contributed by atoms with Gasteiger partial charge in [0.2, 0.25) is 0 Å². The number of phenols is 1. The quantitative estimate of drug-likeness (QED) is 0.318. The first-order valence-corrected chi connectivity index (χ1v) is 9.69. The lowest BCUT2D eigenvalue weighted by Gasteiger charge is -2.31. The number of hydrogen-bond acceptors (Lipinski definition) is 4. The number of anilines is 1. The van der Waals surface area contributed by atoms with Gasteiger partial charge in [-0.15, -0.1) is 0 Å². The predicted molar refractivity (Wildman–Crippen MR) is 109 cm³/mol. The number of ether oxygens (including phenoxy) is 1. The number of esters is 1. The number of hydrogen-bond donors (Lipinski definition) is 3. The van der Waals surface area contributed by atoms with E-state index in [4.69, 9.17) is 9.73 Å². The third kappa shape index (κ3) is 6.45. The molecule has 6 nitrogen and oxygen atoms in total. The fraction of sp³-hybridized carbons (Fsp3) is 0.619. The summed E-state index contributed by atoms with van der Waals surface area (Å²) < 4.78 is 4.77. The fourth-order valence-corrected chi connectivity index (χ4v) is 3.15. The number of carbonyl (C=O) groups is 1. The second-order valence-corrected chi connectivity index (χ2v) is 8.59. The second-order valence-electron chi connectivity index (χ2n) is 8.59. The molecule has 0 aliphatic heterocycles. The summed E-state index contributed by atoms with van der Waals surface area (Å²) in [6.07, 6.45) is 4.78. The van der Waals surface area contributed by atoms with Crippen molar-refractivity contribution in [2.45, 2.75) is 59.4 Å². The lowest BCUT2D eigenvalue weighted by molar-refractivity contribution is 0.0601. The van der Waals surface area contributed by atoms with Crippen LogP contribution in [0.2, 0.25) is 0 Å². The molecule has 1 aliphatic rings. The molecule has 3 N–H and O–H groups in total. The number of guanidine groups is 1. The average molecular weight is 376 g/mol. The largest absolute Gasteiger partial charge is 0.506 e. The van der Waals surface area contributed by atoms with Gasteiger partial charge in [-0.25, -0.2) is 4.79 Å². The van der Waals surface area contributed by atoms with Gasteiger partial charge < -0.3 is 20.5 Å². The van der Waals surface area contributed by atoms with Gasteiger partial charge >= 0.3 is 5.97 Å². The van der Waals surface area contributed by atoms with Crippen LogP contribution in [0, 0.1) is 11.3 Å². The highest BCUT2D eigenvalue weighted by Gasteiger charge is 2.23. The van der Waals surface area contributed by atoms with Gasteiger partial charge in [0.1, 0.15) is 5.75 Å². The summed E-state index contributed by atoms with van der Waals surface area (Å²) >= 11 is 0. The van der Waals surface area contributed by atoms with Gasteiger partial charge in [0, 0.05) is 12.6 Å². The maximum atomic E-state index is 11.8. The first kappa shape index (κ1) is 21.1. The lowest BCUT2D eigenvalue weighted by atomic mass is 9.86. The summed E-state index contributed by atoms with van der Waals surface area (Å²) in [6, 6.07) is 4.95. The number of nitrogens with one attached hydrogen (secondary N) is 2. The molecule has 6 heteroatoms. The highest BCUT2D eigenvalue weighted by Crippen LogP contribution is 2.26. The van der Waals surface area contributed by atoms with Gasteiger partial charge in [0.05, 0.1) is 18.4 Å². The van der Waals surface area contributed by atoms with Crippen molar-refractivity contribution in [3.63, 3.8) is 0 Å². The molecular formula is C21H33N3O3. The Morgan fingerprint density at radius 3 is 2.63 bits per heavy atom. The number of carbonyl (C=O) groups excluding carboxylic acids is 1. The minimum absolute atomic E-state index is 0.0443. The van der Waals surface area contributed by atoms with Crippen LogP contribution in [0.4, 0.5) is 5.69 Å². The summed E-state index contributed by atoms with van der Waals surface area (Å²) in [5, 5.41) is 16.9. The van der Waals surface area contributed by atoms with Crippen molar-refractivity contribution in [3.8, 4) is 5.75 Å². The van der Waals surface area contributed by atoms with Crippen molar-refractivity contribution in [1.29, 1.82) is 0 Å². The van der Waals surface area contributed by atoms with Gasteiger partial charge in [-0.3, -0.25) is 4.99 Å². The van der Waals surface area contributed by atoms with E-state index < -0.39 is 5.97 Å². The van der Waals surface area contributed by atoms with Crippen LogP contribution < -0.4 is 10.6 Å². The molecule has 0 saturated heterocycles. The van der Waals surface area contributed by atoms with E-state index >= 15 is 0 Å². The molecule has 0 aromatic heterocycles. The Balaban J connectivity index is 2.24. The number of nitrogens with zero attached hydrogens (tertiary/aromatic N) is 1. The van der Waals surface area contributed by atoms with E-state index in [2.05, 4.69) is 38.3 Å². The number of benzene rings is 1. The standard InChI is InChI=1S/C21H33N3O3/c1-14-8-6-7-9-16(14)23-20(22-13-21(2,3)4)24-17-12-15(19(26)27-5)10-11-18(17)25/h10-12,14,16,25H,6-9,13H2,1-5H3,(H2,22,23,24). The Labute approximate surface area is 162 Å².